The quantitative estimate of drug-likeness (QED) is 0.614. The molecule has 1 aromatic carbocycles. The maximum atomic E-state index is 11.2. The lowest BCUT2D eigenvalue weighted by atomic mass is 10.2. The molecule has 6 nitrogen and oxygen atoms in total. The standard InChI is InChI=1S/C12H13N3O3/c1-3-18-11-6-4-5-10(12(11)15(16)17)14-8-7-9(2)13-14/h4-8H,3H2,1-2H3. The van der Waals surface area contributed by atoms with E-state index in [1.54, 1.807) is 37.4 Å². The van der Waals surface area contributed by atoms with Gasteiger partial charge in [-0.25, -0.2) is 4.68 Å². The molecule has 94 valence electrons. The van der Waals surface area contributed by atoms with Crippen molar-refractivity contribution >= 4 is 5.69 Å². The lowest BCUT2D eigenvalue weighted by molar-refractivity contribution is -0.385. The van der Waals surface area contributed by atoms with Gasteiger partial charge >= 0.3 is 5.69 Å². The number of rotatable bonds is 4. The van der Waals surface area contributed by atoms with Crippen LogP contribution in [0, 0.1) is 17.0 Å². The highest BCUT2D eigenvalue weighted by Gasteiger charge is 2.22. The highest BCUT2D eigenvalue weighted by atomic mass is 16.6. The zero-order valence-electron chi connectivity index (χ0n) is 10.2. The van der Waals surface area contributed by atoms with Crippen LogP contribution in [0.4, 0.5) is 5.69 Å². The Bertz CT molecular complexity index is 578. The fourth-order valence-corrected chi connectivity index (χ4v) is 1.70. The fourth-order valence-electron chi connectivity index (χ4n) is 1.70. The van der Waals surface area contributed by atoms with E-state index in [1.165, 1.54) is 4.68 Å². The van der Waals surface area contributed by atoms with Gasteiger partial charge in [0.1, 0.15) is 5.69 Å². The molecule has 0 spiro atoms. The summed E-state index contributed by atoms with van der Waals surface area (Å²) >= 11 is 0. The van der Waals surface area contributed by atoms with Gasteiger partial charge in [-0.1, -0.05) is 6.07 Å². The predicted molar refractivity (Wildman–Crippen MR) is 66.1 cm³/mol. The third-order valence-corrected chi connectivity index (χ3v) is 2.43. The smallest absolute Gasteiger partial charge is 0.336 e. The number of nitro groups is 1. The average molecular weight is 247 g/mol. The summed E-state index contributed by atoms with van der Waals surface area (Å²) in [6, 6.07) is 6.73. The van der Waals surface area contributed by atoms with Crippen LogP contribution < -0.4 is 4.74 Å². The van der Waals surface area contributed by atoms with Crippen LogP contribution in [0.5, 0.6) is 5.75 Å². The molecule has 0 saturated heterocycles. The molecule has 0 N–H and O–H groups in total. The number of nitro benzene ring substituents is 1. The number of hydrogen-bond acceptors (Lipinski definition) is 4. The van der Waals surface area contributed by atoms with Crippen LogP contribution in [-0.2, 0) is 0 Å². The van der Waals surface area contributed by atoms with Crippen LogP contribution in [0.25, 0.3) is 5.69 Å². The van der Waals surface area contributed by atoms with Crippen molar-refractivity contribution in [1.29, 1.82) is 0 Å². The monoisotopic (exact) mass is 247 g/mol. The molecule has 0 saturated carbocycles. The molecule has 0 fully saturated rings. The molecule has 2 rings (SSSR count). The Balaban J connectivity index is 2.59. The van der Waals surface area contributed by atoms with Crippen molar-refractivity contribution in [2.24, 2.45) is 0 Å². The van der Waals surface area contributed by atoms with Crippen molar-refractivity contribution < 1.29 is 9.66 Å². The Morgan fingerprint density at radius 1 is 1.44 bits per heavy atom. The van der Waals surface area contributed by atoms with Crippen LogP contribution in [0.2, 0.25) is 0 Å². The summed E-state index contributed by atoms with van der Waals surface area (Å²) in [6.45, 7) is 3.99. The minimum atomic E-state index is -0.447. The Labute approximate surface area is 104 Å². The van der Waals surface area contributed by atoms with Crippen LogP contribution in [0.3, 0.4) is 0 Å². The molecular formula is C12H13N3O3. The van der Waals surface area contributed by atoms with Crippen molar-refractivity contribution in [1.82, 2.24) is 9.78 Å². The third-order valence-electron chi connectivity index (χ3n) is 2.43. The van der Waals surface area contributed by atoms with Crippen LogP contribution in [0.1, 0.15) is 12.6 Å². The first-order valence-corrected chi connectivity index (χ1v) is 5.56. The van der Waals surface area contributed by atoms with Crippen molar-refractivity contribution in [3.8, 4) is 11.4 Å². The summed E-state index contributed by atoms with van der Waals surface area (Å²) in [6.07, 6.45) is 1.69. The van der Waals surface area contributed by atoms with Gasteiger partial charge in [-0.3, -0.25) is 10.1 Å². The first-order valence-electron chi connectivity index (χ1n) is 5.56. The fraction of sp³-hybridized carbons (Fsp3) is 0.250. The zero-order valence-corrected chi connectivity index (χ0v) is 10.2. The number of aromatic nitrogens is 2. The number of ether oxygens (including phenoxy) is 1. The molecule has 0 radical (unpaired) electrons. The second-order valence-electron chi connectivity index (χ2n) is 3.72. The molecule has 0 aliphatic carbocycles. The van der Waals surface area contributed by atoms with E-state index in [1.807, 2.05) is 6.92 Å². The molecule has 2 aromatic rings. The van der Waals surface area contributed by atoms with Crippen LogP contribution in [0.15, 0.2) is 30.5 Å². The molecule has 0 amide bonds. The average Bonchev–Trinajstić information content (AvgIpc) is 2.75. The SMILES string of the molecule is CCOc1cccc(-n2ccc(C)n2)c1[N+](=O)[O-]. The Hall–Kier alpha value is -2.37. The van der Waals surface area contributed by atoms with Crippen molar-refractivity contribution in [2.75, 3.05) is 6.61 Å². The Morgan fingerprint density at radius 2 is 2.22 bits per heavy atom. The molecule has 0 bridgehead atoms. The number of aryl methyl sites for hydroxylation is 1. The number of hydrogen-bond donors (Lipinski definition) is 0. The second kappa shape index (κ2) is 4.87. The molecule has 0 aliphatic heterocycles. The molecule has 0 atom stereocenters. The van der Waals surface area contributed by atoms with Gasteiger partial charge in [0.15, 0.2) is 5.75 Å². The van der Waals surface area contributed by atoms with Gasteiger partial charge in [-0.05, 0) is 32.0 Å². The number of para-hydroxylation sites is 1. The van der Waals surface area contributed by atoms with Crippen LogP contribution >= 0.6 is 0 Å². The van der Waals surface area contributed by atoms with Gasteiger partial charge in [0, 0.05) is 6.20 Å². The third kappa shape index (κ3) is 2.17. The summed E-state index contributed by atoms with van der Waals surface area (Å²) in [5.74, 6) is 0.258. The molecular weight excluding hydrogens is 234 g/mol. The molecule has 18 heavy (non-hydrogen) atoms. The van der Waals surface area contributed by atoms with Crippen molar-refractivity contribution in [3.05, 3.63) is 46.3 Å². The van der Waals surface area contributed by atoms with E-state index in [2.05, 4.69) is 5.10 Å². The van der Waals surface area contributed by atoms with E-state index in [9.17, 15) is 10.1 Å². The minimum Gasteiger partial charge on any atom is -0.487 e. The van der Waals surface area contributed by atoms with Gasteiger partial charge in [-0.15, -0.1) is 0 Å². The van der Waals surface area contributed by atoms with E-state index in [0.717, 1.165) is 5.69 Å². The molecule has 1 heterocycles. The van der Waals surface area contributed by atoms with Gasteiger partial charge in [0.2, 0.25) is 0 Å². The summed E-state index contributed by atoms with van der Waals surface area (Å²) in [5.41, 5.74) is 1.13. The van der Waals surface area contributed by atoms with E-state index in [4.69, 9.17) is 4.74 Å². The first kappa shape index (κ1) is 12.1. The van der Waals surface area contributed by atoms with Gasteiger partial charge in [0.25, 0.3) is 0 Å². The summed E-state index contributed by atoms with van der Waals surface area (Å²) in [7, 11) is 0. The Kier molecular flexibility index (Phi) is 3.27. The summed E-state index contributed by atoms with van der Waals surface area (Å²) < 4.78 is 6.77. The van der Waals surface area contributed by atoms with Crippen LogP contribution in [-0.4, -0.2) is 21.3 Å². The largest absolute Gasteiger partial charge is 0.487 e. The summed E-state index contributed by atoms with van der Waals surface area (Å²) in [5, 5.41) is 15.4. The highest BCUT2D eigenvalue weighted by Crippen LogP contribution is 2.33. The topological polar surface area (TPSA) is 70.2 Å². The maximum absolute atomic E-state index is 11.2. The minimum absolute atomic E-state index is 0.0672. The normalized spacial score (nSPS) is 10.3. The Morgan fingerprint density at radius 3 is 2.78 bits per heavy atom. The first-order chi connectivity index (χ1) is 8.63. The lowest BCUT2D eigenvalue weighted by Crippen LogP contribution is -2.04. The van der Waals surface area contributed by atoms with E-state index in [0.29, 0.717) is 12.3 Å². The molecule has 1 aromatic heterocycles. The van der Waals surface area contributed by atoms with Gasteiger partial charge in [0.05, 0.1) is 17.2 Å². The van der Waals surface area contributed by atoms with Crippen molar-refractivity contribution in [2.45, 2.75) is 13.8 Å². The maximum Gasteiger partial charge on any atom is 0.336 e. The molecule has 6 heteroatoms. The number of nitrogens with zero attached hydrogens (tertiary/aromatic N) is 3. The van der Waals surface area contributed by atoms with Crippen molar-refractivity contribution in [3.63, 3.8) is 0 Å². The molecule has 0 aliphatic rings. The predicted octanol–water partition coefficient (Wildman–Crippen LogP) is 2.49. The zero-order chi connectivity index (χ0) is 13.1. The van der Waals surface area contributed by atoms with E-state index >= 15 is 0 Å². The second-order valence-corrected chi connectivity index (χ2v) is 3.72. The highest BCUT2D eigenvalue weighted by molar-refractivity contribution is 5.61. The van der Waals surface area contributed by atoms with E-state index < -0.39 is 4.92 Å². The molecule has 0 unspecified atom stereocenters. The lowest BCUT2D eigenvalue weighted by Gasteiger charge is -2.08. The van der Waals surface area contributed by atoms with E-state index in [-0.39, 0.29) is 11.4 Å². The summed E-state index contributed by atoms with van der Waals surface area (Å²) in [4.78, 5) is 10.7. The van der Waals surface area contributed by atoms with Gasteiger partial charge in [-0.2, -0.15) is 5.10 Å². The van der Waals surface area contributed by atoms with Gasteiger partial charge < -0.3 is 4.74 Å². The number of benzene rings is 1.